The van der Waals surface area contributed by atoms with Crippen LogP contribution in [0.1, 0.15) is 30.0 Å². The molecule has 0 saturated heterocycles. The zero-order valence-electron chi connectivity index (χ0n) is 16.2. The van der Waals surface area contributed by atoms with Gasteiger partial charge in [0.15, 0.2) is 11.4 Å². The molecule has 1 heterocycles. The predicted molar refractivity (Wildman–Crippen MR) is 116 cm³/mol. The Morgan fingerprint density at radius 1 is 1.14 bits per heavy atom. The summed E-state index contributed by atoms with van der Waals surface area (Å²) in [5.74, 6) is 0.202. The summed E-state index contributed by atoms with van der Waals surface area (Å²) >= 11 is 13.4. The summed E-state index contributed by atoms with van der Waals surface area (Å²) in [5.41, 5.74) is 1.57. The Balaban J connectivity index is 1.66. The molecule has 2 aromatic carbocycles. The molecule has 152 valence electrons. The highest BCUT2D eigenvalue weighted by molar-refractivity contribution is 7.05. The number of hydrogen-bond acceptors (Lipinski definition) is 5. The molecule has 0 radical (unpaired) electrons. The van der Waals surface area contributed by atoms with Gasteiger partial charge < -0.3 is 9.84 Å². The fourth-order valence-corrected chi connectivity index (χ4v) is 3.62. The van der Waals surface area contributed by atoms with Crippen LogP contribution in [0.25, 0.3) is 11.4 Å². The van der Waals surface area contributed by atoms with Crippen molar-refractivity contribution < 1.29 is 14.6 Å². The van der Waals surface area contributed by atoms with E-state index in [0.29, 0.717) is 21.6 Å². The average molecular weight is 451 g/mol. The van der Waals surface area contributed by atoms with Gasteiger partial charge in [-0.3, -0.25) is 0 Å². The van der Waals surface area contributed by atoms with E-state index in [0.717, 1.165) is 34.5 Å². The average Bonchev–Trinajstić information content (AvgIpc) is 3.13. The Morgan fingerprint density at radius 2 is 1.90 bits per heavy atom. The SMILES string of the molecule is Cc1cc(CCc2nc(-c3ccc(Cl)c(Cl)c3)ns2)ccc1OC(C)(C)C(=O)O. The topological polar surface area (TPSA) is 72.3 Å². The van der Waals surface area contributed by atoms with E-state index in [9.17, 15) is 9.90 Å². The number of aromatic nitrogens is 2. The van der Waals surface area contributed by atoms with Gasteiger partial charge in [-0.25, -0.2) is 9.78 Å². The first-order valence-corrected chi connectivity index (χ1v) is 10.5. The summed E-state index contributed by atoms with van der Waals surface area (Å²) < 4.78 is 10.1. The van der Waals surface area contributed by atoms with Crippen molar-refractivity contribution in [3.05, 3.63) is 62.6 Å². The van der Waals surface area contributed by atoms with Gasteiger partial charge >= 0.3 is 5.97 Å². The van der Waals surface area contributed by atoms with E-state index in [4.69, 9.17) is 27.9 Å². The van der Waals surface area contributed by atoms with Crippen molar-refractivity contribution in [1.29, 1.82) is 0 Å². The van der Waals surface area contributed by atoms with E-state index >= 15 is 0 Å². The minimum Gasteiger partial charge on any atom is -0.478 e. The minimum atomic E-state index is -1.28. The Kier molecular flexibility index (Phi) is 6.46. The fourth-order valence-electron chi connectivity index (χ4n) is 2.66. The third-order valence-electron chi connectivity index (χ3n) is 4.39. The monoisotopic (exact) mass is 450 g/mol. The standard InChI is InChI=1S/C21H20Cl2N2O3S/c1-12-10-13(4-8-17(12)28-21(2,3)20(26)27)5-9-18-24-19(25-29-18)14-6-7-15(22)16(23)11-14/h4,6-8,10-11H,5,9H2,1-3H3,(H,26,27). The summed E-state index contributed by atoms with van der Waals surface area (Å²) in [6, 6.07) is 11.1. The fraction of sp³-hybridized carbons (Fsp3) is 0.286. The van der Waals surface area contributed by atoms with Crippen LogP contribution in [0.15, 0.2) is 36.4 Å². The van der Waals surface area contributed by atoms with Crippen LogP contribution in [-0.4, -0.2) is 26.0 Å². The number of rotatable bonds is 7. The van der Waals surface area contributed by atoms with Crippen LogP contribution in [0.4, 0.5) is 0 Å². The van der Waals surface area contributed by atoms with Crippen LogP contribution in [-0.2, 0) is 17.6 Å². The zero-order chi connectivity index (χ0) is 21.2. The number of nitrogens with zero attached hydrogens (tertiary/aromatic N) is 2. The third kappa shape index (κ3) is 5.26. The molecular formula is C21H20Cl2N2O3S. The van der Waals surface area contributed by atoms with Gasteiger partial charge in [0.25, 0.3) is 0 Å². The van der Waals surface area contributed by atoms with E-state index in [1.54, 1.807) is 12.1 Å². The van der Waals surface area contributed by atoms with Crippen LogP contribution in [0.2, 0.25) is 10.0 Å². The van der Waals surface area contributed by atoms with Crippen molar-refractivity contribution in [3.63, 3.8) is 0 Å². The Bertz CT molecular complexity index is 1050. The first-order valence-electron chi connectivity index (χ1n) is 8.95. The number of ether oxygens (including phenoxy) is 1. The number of benzene rings is 2. The number of halogens is 2. The normalized spacial score (nSPS) is 11.5. The number of aryl methyl sites for hydroxylation is 3. The van der Waals surface area contributed by atoms with E-state index in [1.807, 2.05) is 31.2 Å². The molecule has 3 rings (SSSR count). The van der Waals surface area contributed by atoms with Gasteiger partial charge in [0, 0.05) is 12.0 Å². The van der Waals surface area contributed by atoms with Crippen molar-refractivity contribution in [2.75, 3.05) is 0 Å². The van der Waals surface area contributed by atoms with Gasteiger partial charge in [-0.1, -0.05) is 35.3 Å². The second kappa shape index (κ2) is 8.69. The molecule has 8 heteroatoms. The highest BCUT2D eigenvalue weighted by Crippen LogP contribution is 2.28. The second-order valence-corrected chi connectivity index (χ2v) is 8.81. The number of hydrogen-bond donors (Lipinski definition) is 1. The van der Waals surface area contributed by atoms with Crippen LogP contribution in [0.5, 0.6) is 5.75 Å². The Labute approximate surface area is 183 Å². The van der Waals surface area contributed by atoms with Gasteiger partial charge in [0.05, 0.1) is 10.0 Å². The van der Waals surface area contributed by atoms with E-state index < -0.39 is 11.6 Å². The summed E-state index contributed by atoms with van der Waals surface area (Å²) in [5, 5.41) is 11.1. The van der Waals surface area contributed by atoms with Gasteiger partial charge in [-0.2, -0.15) is 4.37 Å². The maximum atomic E-state index is 11.3. The van der Waals surface area contributed by atoms with Crippen molar-refractivity contribution in [2.24, 2.45) is 0 Å². The molecule has 1 aromatic heterocycles. The van der Waals surface area contributed by atoms with Crippen molar-refractivity contribution in [3.8, 4) is 17.1 Å². The van der Waals surface area contributed by atoms with Crippen LogP contribution in [0.3, 0.4) is 0 Å². The van der Waals surface area contributed by atoms with Crippen LogP contribution in [0, 0.1) is 6.92 Å². The summed E-state index contributed by atoms with van der Waals surface area (Å²) in [4.78, 5) is 15.8. The molecule has 0 fully saturated rings. The number of carboxylic acid groups (broad SMARTS) is 1. The lowest BCUT2D eigenvalue weighted by Crippen LogP contribution is -2.38. The summed E-state index contributed by atoms with van der Waals surface area (Å²) in [6.07, 6.45) is 1.54. The molecule has 0 unspecified atom stereocenters. The number of carbonyl (C=O) groups is 1. The lowest BCUT2D eigenvalue weighted by Gasteiger charge is -2.23. The van der Waals surface area contributed by atoms with Crippen LogP contribution >= 0.6 is 34.7 Å². The predicted octanol–water partition coefficient (Wildman–Crippen LogP) is 5.85. The smallest absolute Gasteiger partial charge is 0.347 e. The summed E-state index contributed by atoms with van der Waals surface area (Å²) in [7, 11) is 0. The molecule has 0 aliphatic carbocycles. The van der Waals surface area contributed by atoms with Gasteiger partial charge in [-0.15, -0.1) is 0 Å². The van der Waals surface area contributed by atoms with Gasteiger partial charge in [-0.05, 0) is 74.1 Å². The first kappa shape index (κ1) is 21.6. The quantitative estimate of drug-likeness (QED) is 0.488. The second-order valence-electron chi connectivity index (χ2n) is 7.16. The van der Waals surface area contributed by atoms with E-state index in [-0.39, 0.29) is 0 Å². The minimum absolute atomic E-state index is 0.476. The Hall–Kier alpha value is -2.15. The van der Waals surface area contributed by atoms with E-state index in [2.05, 4.69) is 9.36 Å². The van der Waals surface area contributed by atoms with Gasteiger partial charge in [0.1, 0.15) is 10.8 Å². The number of aliphatic carboxylic acids is 1. The Morgan fingerprint density at radius 3 is 2.55 bits per heavy atom. The van der Waals surface area contributed by atoms with Crippen LogP contribution < -0.4 is 4.74 Å². The molecule has 0 bridgehead atoms. The highest BCUT2D eigenvalue weighted by atomic mass is 35.5. The van der Waals surface area contributed by atoms with Crippen molar-refractivity contribution in [2.45, 2.75) is 39.2 Å². The largest absolute Gasteiger partial charge is 0.478 e. The molecule has 0 amide bonds. The molecule has 3 aromatic rings. The van der Waals surface area contributed by atoms with Crippen molar-refractivity contribution in [1.82, 2.24) is 9.36 Å². The molecule has 29 heavy (non-hydrogen) atoms. The lowest BCUT2D eigenvalue weighted by molar-refractivity contribution is -0.152. The maximum absolute atomic E-state index is 11.3. The first-order chi connectivity index (χ1) is 13.7. The molecule has 1 N–H and O–H groups in total. The molecule has 0 saturated carbocycles. The molecular weight excluding hydrogens is 431 g/mol. The molecule has 0 atom stereocenters. The molecule has 5 nitrogen and oxygen atoms in total. The highest BCUT2D eigenvalue weighted by Gasteiger charge is 2.29. The van der Waals surface area contributed by atoms with Gasteiger partial charge in [0.2, 0.25) is 0 Å². The third-order valence-corrected chi connectivity index (χ3v) is 5.90. The summed E-state index contributed by atoms with van der Waals surface area (Å²) in [6.45, 7) is 4.97. The molecule has 0 aliphatic rings. The lowest BCUT2D eigenvalue weighted by atomic mass is 10.1. The number of carboxylic acids is 1. The maximum Gasteiger partial charge on any atom is 0.347 e. The zero-order valence-corrected chi connectivity index (χ0v) is 18.5. The van der Waals surface area contributed by atoms with Crippen molar-refractivity contribution >= 4 is 40.7 Å². The molecule has 0 spiro atoms. The van der Waals surface area contributed by atoms with E-state index in [1.165, 1.54) is 25.4 Å². The molecule has 0 aliphatic heterocycles.